The summed E-state index contributed by atoms with van der Waals surface area (Å²) in [6, 6.07) is 11.8. The average Bonchev–Trinajstić information content (AvgIpc) is 2.91. The zero-order valence-corrected chi connectivity index (χ0v) is 25.9. The third kappa shape index (κ3) is 7.72. The molecule has 0 aromatic heterocycles. The lowest BCUT2D eigenvalue weighted by molar-refractivity contribution is 0.450. The van der Waals surface area contributed by atoms with Gasteiger partial charge in [-0.2, -0.15) is 16.8 Å². The predicted octanol–water partition coefficient (Wildman–Crippen LogP) is 2.54. The number of hydrogen-bond acceptors (Lipinski definition) is 12. The Morgan fingerprint density at radius 2 is 0.711 bits per heavy atom. The molecule has 0 radical (unpaired) electrons. The lowest BCUT2D eigenvalue weighted by Crippen LogP contribution is -2.09. The largest absolute Gasteiger partial charge is 0.508 e. The minimum atomic E-state index is -4.85. The van der Waals surface area contributed by atoms with E-state index >= 15 is 0 Å². The van der Waals surface area contributed by atoms with Crippen molar-refractivity contribution >= 4 is 39.9 Å². The Morgan fingerprint density at radius 1 is 0.422 bits per heavy atom. The van der Waals surface area contributed by atoms with E-state index in [1.807, 2.05) is 0 Å². The monoisotopic (exact) mass is 700 g/mol. The van der Waals surface area contributed by atoms with Crippen molar-refractivity contribution in [3.05, 3.63) is 95.1 Å². The maximum atomic E-state index is 13.4. The van der Waals surface area contributed by atoms with Crippen LogP contribution in [0.1, 0.15) is 22.3 Å². The van der Waals surface area contributed by atoms with Gasteiger partial charge in [-0.25, -0.2) is 16.8 Å². The molecule has 6 N–H and O–H groups in total. The Bertz CT molecular complexity index is 2060. The third-order valence-corrected chi connectivity index (χ3v) is 11.3. The number of phenols is 4. The van der Waals surface area contributed by atoms with Crippen molar-refractivity contribution in [1.29, 1.82) is 0 Å². The first-order valence-corrected chi connectivity index (χ1v) is 18.5. The number of hydrogen-bond donors (Lipinski definition) is 6. The Kier molecular flexibility index (Phi) is 8.95. The van der Waals surface area contributed by atoms with Crippen LogP contribution >= 0.6 is 0 Å². The van der Waals surface area contributed by atoms with Gasteiger partial charge in [-0.3, -0.25) is 9.11 Å². The molecule has 45 heavy (non-hydrogen) atoms. The molecule has 240 valence electrons. The van der Waals surface area contributed by atoms with Gasteiger partial charge >= 0.3 is 0 Å². The van der Waals surface area contributed by atoms with E-state index in [2.05, 4.69) is 0 Å². The summed E-state index contributed by atoms with van der Waals surface area (Å²) in [5.41, 5.74) is -1.95. The highest BCUT2D eigenvalue weighted by atomic mass is 32.2. The summed E-state index contributed by atoms with van der Waals surface area (Å²) in [6.45, 7) is 0. The minimum Gasteiger partial charge on any atom is -0.508 e. The molecule has 0 aliphatic rings. The first kappa shape index (κ1) is 33.7. The van der Waals surface area contributed by atoms with E-state index in [1.54, 1.807) is 0 Å². The van der Waals surface area contributed by atoms with Crippen LogP contribution in [0.25, 0.3) is 0 Å². The molecule has 0 unspecified atom stereocenters. The molecule has 0 saturated heterocycles. The molecule has 0 amide bonds. The molecule has 0 aliphatic heterocycles. The molecule has 4 aromatic carbocycles. The Morgan fingerprint density at radius 3 is 1.00 bits per heavy atom. The Labute approximate surface area is 257 Å². The number of benzene rings is 4. The van der Waals surface area contributed by atoms with Gasteiger partial charge in [0.25, 0.3) is 20.2 Å². The van der Waals surface area contributed by atoms with Gasteiger partial charge in [0.15, 0.2) is 0 Å². The van der Waals surface area contributed by atoms with Crippen LogP contribution in [0, 0.1) is 0 Å². The highest BCUT2D eigenvalue weighted by Crippen LogP contribution is 2.37. The highest BCUT2D eigenvalue weighted by molar-refractivity contribution is 7.91. The molecule has 14 nitrogen and oxygen atoms in total. The fourth-order valence-corrected chi connectivity index (χ4v) is 8.33. The molecule has 4 aromatic rings. The van der Waals surface area contributed by atoms with Crippen LogP contribution in [0.15, 0.2) is 92.4 Å². The van der Waals surface area contributed by atoms with Gasteiger partial charge in [-0.15, -0.1) is 0 Å². The SMILES string of the molecule is O=S(=O)(O)Cc1cc(S(=O)(=O)c2ccc(O)cc2)cc(Cc2cc(S(=O)(=O)c3ccc(O)cc3)cc(CS(=O)(=O)O)c2O)c1O. The lowest BCUT2D eigenvalue weighted by atomic mass is 9.99. The molecule has 0 fully saturated rings. The van der Waals surface area contributed by atoms with E-state index in [-0.39, 0.29) is 32.4 Å². The normalized spacial score (nSPS) is 12.7. The van der Waals surface area contributed by atoms with E-state index in [4.69, 9.17) is 0 Å². The maximum Gasteiger partial charge on any atom is 0.269 e. The van der Waals surface area contributed by atoms with Crippen molar-refractivity contribution in [3.63, 3.8) is 0 Å². The van der Waals surface area contributed by atoms with Gasteiger partial charge in [0.05, 0.1) is 19.6 Å². The third-order valence-electron chi connectivity index (χ3n) is 6.45. The van der Waals surface area contributed by atoms with Crippen molar-refractivity contribution in [2.24, 2.45) is 0 Å². The number of rotatable bonds is 10. The summed E-state index contributed by atoms with van der Waals surface area (Å²) < 4.78 is 119. The van der Waals surface area contributed by atoms with Gasteiger partial charge in [0, 0.05) is 28.7 Å². The standard InChI is InChI=1S/C27H24O14S4/c28-20-1-5-22(6-2-20)44(38,39)24-10-16(26(30)18(12-24)14-42(32,33)34)9-17-11-25(13-19(27(17)31)15-43(35,36)37)45(40,41)23-7-3-21(29)4-8-23/h1-8,10-13,28-31H,9,14-15H2,(H,32,33,34)(H,35,36,37). The summed E-state index contributed by atoms with van der Waals surface area (Å²) in [5, 5.41) is 40.9. The summed E-state index contributed by atoms with van der Waals surface area (Å²) in [6.07, 6.45) is -0.716. The fraction of sp³-hybridized carbons (Fsp3) is 0.111. The number of sulfone groups is 2. The van der Waals surface area contributed by atoms with Gasteiger partial charge in [-0.05, 0) is 72.8 Å². The number of phenolic OH excluding ortho intramolecular Hbond substituents is 4. The quantitative estimate of drug-likeness (QED) is 0.130. The van der Waals surface area contributed by atoms with Crippen LogP contribution in [-0.4, -0.2) is 63.2 Å². The van der Waals surface area contributed by atoms with Crippen LogP contribution in [0.5, 0.6) is 23.0 Å². The van der Waals surface area contributed by atoms with Crippen LogP contribution in [0.4, 0.5) is 0 Å². The zero-order valence-electron chi connectivity index (χ0n) is 22.6. The highest BCUT2D eigenvalue weighted by Gasteiger charge is 2.27. The first-order chi connectivity index (χ1) is 20.7. The van der Waals surface area contributed by atoms with Crippen LogP contribution in [0.3, 0.4) is 0 Å². The molecule has 0 aliphatic carbocycles. The molecule has 0 atom stereocenters. The van der Waals surface area contributed by atoms with E-state index in [0.717, 1.165) is 72.8 Å². The second kappa shape index (κ2) is 12.0. The van der Waals surface area contributed by atoms with Crippen LogP contribution < -0.4 is 0 Å². The topological polar surface area (TPSA) is 258 Å². The molecular formula is C27H24O14S4. The van der Waals surface area contributed by atoms with E-state index < -0.39 is 90.3 Å². The van der Waals surface area contributed by atoms with Crippen molar-refractivity contribution in [2.75, 3.05) is 0 Å². The first-order valence-electron chi connectivity index (χ1n) is 12.4. The van der Waals surface area contributed by atoms with Crippen molar-refractivity contribution in [2.45, 2.75) is 37.5 Å². The summed E-state index contributed by atoms with van der Waals surface area (Å²) >= 11 is 0. The summed E-state index contributed by atoms with van der Waals surface area (Å²) in [5.74, 6) is -4.71. The second-order valence-corrected chi connectivity index (χ2v) is 16.6. The predicted molar refractivity (Wildman–Crippen MR) is 157 cm³/mol. The Hall–Kier alpha value is -4.20. The maximum absolute atomic E-state index is 13.4. The number of aromatic hydroxyl groups is 4. The minimum absolute atomic E-state index is 0.259. The van der Waals surface area contributed by atoms with Gasteiger partial charge < -0.3 is 20.4 Å². The second-order valence-electron chi connectivity index (χ2n) is 9.80. The van der Waals surface area contributed by atoms with Gasteiger partial charge in [0.1, 0.15) is 34.5 Å². The average molecular weight is 701 g/mol. The molecule has 0 spiro atoms. The fourth-order valence-electron chi connectivity index (χ4n) is 4.38. The molecule has 0 heterocycles. The molecule has 18 heteroatoms. The molecule has 0 saturated carbocycles. The zero-order chi connectivity index (χ0) is 33.5. The van der Waals surface area contributed by atoms with E-state index in [1.165, 1.54) is 0 Å². The summed E-state index contributed by atoms with van der Waals surface area (Å²) in [7, 11) is -18.6. The summed E-state index contributed by atoms with van der Waals surface area (Å²) in [4.78, 5) is -1.89. The van der Waals surface area contributed by atoms with Crippen molar-refractivity contribution in [3.8, 4) is 23.0 Å². The van der Waals surface area contributed by atoms with Crippen molar-refractivity contribution in [1.82, 2.24) is 0 Å². The molecule has 4 rings (SSSR count). The molecular weight excluding hydrogens is 677 g/mol. The lowest BCUT2D eigenvalue weighted by Gasteiger charge is -2.16. The van der Waals surface area contributed by atoms with E-state index in [9.17, 15) is 63.2 Å². The van der Waals surface area contributed by atoms with Gasteiger partial charge in [0.2, 0.25) is 19.7 Å². The van der Waals surface area contributed by atoms with E-state index in [0.29, 0.717) is 0 Å². The van der Waals surface area contributed by atoms with Crippen molar-refractivity contribution < 1.29 is 63.2 Å². The van der Waals surface area contributed by atoms with Crippen LogP contribution in [0.2, 0.25) is 0 Å². The van der Waals surface area contributed by atoms with Crippen LogP contribution in [-0.2, 0) is 57.8 Å². The van der Waals surface area contributed by atoms with Gasteiger partial charge in [-0.1, -0.05) is 0 Å². The smallest absolute Gasteiger partial charge is 0.269 e. The molecule has 0 bridgehead atoms. The Balaban J connectivity index is 1.96.